The minimum atomic E-state index is -0.755. The first-order valence-electron chi connectivity index (χ1n) is 8.24. The van der Waals surface area contributed by atoms with Gasteiger partial charge in [-0.25, -0.2) is 0 Å². The first-order valence-corrected chi connectivity index (χ1v) is 9.41. The van der Waals surface area contributed by atoms with Crippen molar-refractivity contribution < 1.29 is 9.72 Å². The van der Waals surface area contributed by atoms with Gasteiger partial charge in [-0.05, 0) is 46.3 Å². The first kappa shape index (κ1) is 20.0. The van der Waals surface area contributed by atoms with Gasteiger partial charge in [0.05, 0.1) is 27.9 Å². The third kappa shape index (κ3) is 4.23. The molecule has 9 nitrogen and oxygen atoms in total. The van der Waals surface area contributed by atoms with Crippen LogP contribution in [0.25, 0.3) is 0 Å². The number of hydrogen-bond donors (Lipinski definition) is 1. The number of amides is 1. The Morgan fingerprint density at radius 3 is 2.75 bits per heavy atom. The normalized spacial score (nSPS) is 12.0. The van der Waals surface area contributed by atoms with Crippen LogP contribution in [0.4, 0.5) is 11.6 Å². The molecule has 11 heteroatoms. The molecule has 1 atom stereocenters. The van der Waals surface area contributed by atoms with Crippen molar-refractivity contribution in [2.75, 3.05) is 5.32 Å². The van der Waals surface area contributed by atoms with Crippen molar-refractivity contribution in [1.29, 1.82) is 0 Å². The van der Waals surface area contributed by atoms with Crippen LogP contribution in [-0.2, 0) is 11.3 Å². The number of rotatable bonds is 6. The van der Waals surface area contributed by atoms with Crippen LogP contribution in [0.5, 0.6) is 0 Å². The SMILES string of the molecule is Cc1cc([N+](=O)[O-])nn1C(C)C(=O)Nc1nn(Cc2ccccc2Cl)cc1Br. The highest BCUT2D eigenvalue weighted by molar-refractivity contribution is 9.10. The summed E-state index contributed by atoms with van der Waals surface area (Å²) in [6, 6.07) is 7.99. The van der Waals surface area contributed by atoms with Crippen molar-refractivity contribution in [3.8, 4) is 0 Å². The lowest BCUT2D eigenvalue weighted by Gasteiger charge is -2.10. The molecule has 0 fully saturated rings. The maximum absolute atomic E-state index is 12.6. The summed E-state index contributed by atoms with van der Waals surface area (Å²) < 4.78 is 3.56. The molecule has 0 spiro atoms. The molecule has 2 aromatic heterocycles. The summed E-state index contributed by atoms with van der Waals surface area (Å²) in [5, 5.41) is 22.4. The fraction of sp³-hybridized carbons (Fsp3) is 0.235. The number of nitro groups is 1. The van der Waals surface area contributed by atoms with Crippen LogP contribution in [0.2, 0.25) is 5.02 Å². The summed E-state index contributed by atoms with van der Waals surface area (Å²) in [4.78, 5) is 22.9. The molecule has 0 aliphatic heterocycles. The minimum absolute atomic E-state index is 0.303. The Bertz CT molecular complexity index is 1050. The van der Waals surface area contributed by atoms with E-state index in [4.69, 9.17) is 11.6 Å². The second-order valence-corrected chi connectivity index (χ2v) is 7.39. The smallest absolute Gasteiger partial charge is 0.358 e. The van der Waals surface area contributed by atoms with Crippen LogP contribution in [-0.4, -0.2) is 30.4 Å². The third-order valence-corrected chi connectivity index (χ3v) is 5.04. The summed E-state index contributed by atoms with van der Waals surface area (Å²) in [5.74, 6) is -0.365. The average molecular weight is 468 g/mol. The molecule has 28 heavy (non-hydrogen) atoms. The molecule has 0 aliphatic carbocycles. The fourth-order valence-electron chi connectivity index (χ4n) is 2.65. The van der Waals surface area contributed by atoms with E-state index in [1.807, 2.05) is 18.2 Å². The summed E-state index contributed by atoms with van der Waals surface area (Å²) in [5.41, 5.74) is 1.41. The van der Waals surface area contributed by atoms with Gasteiger partial charge < -0.3 is 15.4 Å². The lowest BCUT2D eigenvalue weighted by Crippen LogP contribution is -2.25. The van der Waals surface area contributed by atoms with E-state index in [-0.39, 0.29) is 5.82 Å². The zero-order chi connectivity index (χ0) is 20.4. The second kappa shape index (κ2) is 8.11. The largest absolute Gasteiger partial charge is 0.390 e. The molecule has 0 radical (unpaired) electrons. The predicted molar refractivity (Wildman–Crippen MR) is 107 cm³/mol. The number of halogens is 2. The molecule has 0 bridgehead atoms. The first-order chi connectivity index (χ1) is 13.3. The number of hydrogen-bond acceptors (Lipinski definition) is 5. The minimum Gasteiger partial charge on any atom is -0.358 e. The molecule has 1 amide bonds. The zero-order valence-corrected chi connectivity index (χ0v) is 17.3. The van der Waals surface area contributed by atoms with Crippen LogP contribution < -0.4 is 5.32 Å². The maximum atomic E-state index is 12.6. The van der Waals surface area contributed by atoms with Crippen LogP contribution in [0, 0.1) is 17.0 Å². The van der Waals surface area contributed by atoms with Gasteiger partial charge in [0.1, 0.15) is 6.04 Å². The van der Waals surface area contributed by atoms with Gasteiger partial charge in [-0.1, -0.05) is 29.8 Å². The number of aromatic nitrogens is 4. The van der Waals surface area contributed by atoms with E-state index in [0.717, 1.165) is 5.56 Å². The van der Waals surface area contributed by atoms with Crippen molar-refractivity contribution in [2.24, 2.45) is 0 Å². The maximum Gasteiger partial charge on any atom is 0.390 e. The summed E-state index contributed by atoms with van der Waals surface area (Å²) in [6.07, 6.45) is 1.73. The van der Waals surface area contributed by atoms with E-state index in [1.165, 1.54) is 10.7 Å². The quantitative estimate of drug-likeness (QED) is 0.436. The van der Waals surface area contributed by atoms with Crippen LogP contribution >= 0.6 is 27.5 Å². The molecule has 1 unspecified atom stereocenters. The Balaban J connectivity index is 1.75. The number of benzene rings is 1. The highest BCUT2D eigenvalue weighted by Crippen LogP contribution is 2.24. The Morgan fingerprint density at radius 1 is 1.39 bits per heavy atom. The Hall–Kier alpha value is -2.72. The Kier molecular flexibility index (Phi) is 5.80. The third-order valence-electron chi connectivity index (χ3n) is 4.09. The van der Waals surface area contributed by atoms with Crippen LogP contribution in [0.1, 0.15) is 24.2 Å². The van der Waals surface area contributed by atoms with Crippen LogP contribution in [0.15, 0.2) is 41.0 Å². The number of carbonyl (C=O) groups excluding carboxylic acids is 1. The van der Waals surface area contributed by atoms with Crippen LogP contribution in [0.3, 0.4) is 0 Å². The number of anilines is 1. The molecule has 1 N–H and O–H groups in total. The molecule has 3 rings (SSSR count). The summed E-state index contributed by atoms with van der Waals surface area (Å²) in [6.45, 7) is 3.69. The highest BCUT2D eigenvalue weighted by atomic mass is 79.9. The lowest BCUT2D eigenvalue weighted by atomic mass is 10.2. The van der Waals surface area contributed by atoms with Gasteiger partial charge in [0.25, 0.3) is 5.91 Å². The zero-order valence-electron chi connectivity index (χ0n) is 15.0. The van der Waals surface area contributed by atoms with Crippen molar-refractivity contribution in [3.05, 3.63) is 67.4 Å². The number of nitrogens with zero attached hydrogens (tertiary/aromatic N) is 5. The predicted octanol–water partition coefficient (Wildman–Crippen LogP) is 3.96. The lowest BCUT2D eigenvalue weighted by molar-refractivity contribution is -0.389. The molecule has 2 heterocycles. The topological polar surface area (TPSA) is 108 Å². The van der Waals surface area contributed by atoms with Crippen molar-refractivity contribution in [3.63, 3.8) is 0 Å². The van der Waals surface area contributed by atoms with E-state index >= 15 is 0 Å². The molecule has 1 aromatic carbocycles. The van der Waals surface area contributed by atoms with E-state index in [9.17, 15) is 14.9 Å². The van der Waals surface area contributed by atoms with E-state index in [0.29, 0.717) is 27.6 Å². The van der Waals surface area contributed by atoms with Gasteiger partial charge in [0.15, 0.2) is 5.82 Å². The monoisotopic (exact) mass is 466 g/mol. The van der Waals surface area contributed by atoms with Crippen molar-refractivity contribution in [2.45, 2.75) is 26.4 Å². The molecule has 0 aliphatic rings. The second-order valence-electron chi connectivity index (χ2n) is 6.13. The van der Waals surface area contributed by atoms with Crippen molar-refractivity contribution >= 4 is 45.1 Å². The van der Waals surface area contributed by atoms with Gasteiger partial charge in [-0.15, -0.1) is 0 Å². The van der Waals surface area contributed by atoms with E-state index in [1.54, 1.807) is 30.8 Å². The molecule has 0 saturated heterocycles. The molecular weight excluding hydrogens is 452 g/mol. The fourth-order valence-corrected chi connectivity index (χ4v) is 3.26. The van der Waals surface area contributed by atoms with Gasteiger partial charge in [-0.2, -0.15) is 9.78 Å². The van der Waals surface area contributed by atoms with Crippen molar-refractivity contribution in [1.82, 2.24) is 19.6 Å². The average Bonchev–Trinajstić information content (AvgIpc) is 3.19. The molecular formula is C17H16BrClN6O3. The molecule has 0 saturated carbocycles. The molecule has 3 aromatic rings. The van der Waals surface area contributed by atoms with Gasteiger partial charge in [0.2, 0.25) is 0 Å². The Labute approximate surface area is 173 Å². The highest BCUT2D eigenvalue weighted by Gasteiger charge is 2.25. The summed E-state index contributed by atoms with van der Waals surface area (Å²) in [7, 11) is 0. The number of nitrogens with one attached hydrogen (secondary N) is 1. The molecule has 146 valence electrons. The van der Waals surface area contributed by atoms with Gasteiger partial charge >= 0.3 is 5.82 Å². The van der Waals surface area contributed by atoms with E-state index in [2.05, 4.69) is 31.4 Å². The summed E-state index contributed by atoms with van der Waals surface area (Å²) >= 11 is 9.55. The number of aryl methyl sites for hydroxylation is 1. The van der Waals surface area contributed by atoms with Gasteiger partial charge in [0, 0.05) is 11.2 Å². The van der Waals surface area contributed by atoms with Gasteiger partial charge in [-0.3, -0.25) is 9.48 Å². The standard InChI is InChI=1S/C17H16BrClN6O3/c1-10-7-15(25(27)28)21-24(10)11(2)17(26)20-16-13(18)9-23(22-16)8-12-5-3-4-6-14(12)19/h3-7,9,11H,8H2,1-2H3,(H,20,22,26). The number of carbonyl (C=O) groups is 1. The Morgan fingerprint density at radius 2 is 2.11 bits per heavy atom. The van der Waals surface area contributed by atoms with E-state index < -0.39 is 16.9 Å².